The van der Waals surface area contributed by atoms with Gasteiger partial charge in [-0.15, -0.1) is 0 Å². The van der Waals surface area contributed by atoms with Gasteiger partial charge in [0.05, 0.1) is 18.6 Å². The Hall–Kier alpha value is -2.77. The molecular weight excluding hydrogens is 431 g/mol. The highest BCUT2D eigenvalue weighted by Gasteiger charge is 2.26. The number of benzene rings is 2. The largest absolute Gasteiger partial charge is 0.348 e. The van der Waals surface area contributed by atoms with Gasteiger partial charge in [-0.3, -0.25) is 19.4 Å². The summed E-state index contributed by atoms with van der Waals surface area (Å²) in [6.45, 7) is 11.4. The van der Waals surface area contributed by atoms with Crippen LogP contribution in [0.3, 0.4) is 0 Å². The van der Waals surface area contributed by atoms with Crippen LogP contribution < -0.4 is 10.6 Å². The molecule has 34 heavy (non-hydrogen) atoms. The lowest BCUT2D eigenvalue weighted by Gasteiger charge is -2.37. The van der Waals surface area contributed by atoms with Gasteiger partial charge in [0, 0.05) is 31.9 Å². The van der Waals surface area contributed by atoms with Gasteiger partial charge in [0.2, 0.25) is 11.8 Å². The first-order valence-corrected chi connectivity index (χ1v) is 12.1. The van der Waals surface area contributed by atoms with Gasteiger partial charge in [-0.25, -0.2) is 4.39 Å². The Morgan fingerprint density at radius 3 is 2.26 bits per heavy atom. The minimum atomic E-state index is -0.380. The van der Waals surface area contributed by atoms with Crippen LogP contribution in [0.1, 0.15) is 44.9 Å². The number of hydrogen-bond acceptors (Lipinski definition) is 4. The number of rotatable bonds is 9. The molecule has 1 aliphatic rings. The SMILES string of the molecule is CC(C)Cc1ccc(C(C)NC(=O)CN2CCN(C(C)C(=O)Nc3cccc(F)c3)CC2)cc1. The zero-order valence-corrected chi connectivity index (χ0v) is 20.7. The Morgan fingerprint density at radius 2 is 1.65 bits per heavy atom. The molecule has 3 rings (SSSR count). The number of hydrogen-bond donors (Lipinski definition) is 2. The van der Waals surface area contributed by atoms with Crippen molar-refractivity contribution in [2.24, 2.45) is 5.92 Å². The van der Waals surface area contributed by atoms with Crippen molar-refractivity contribution < 1.29 is 14.0 Å². The molecule has 0 saturated carbocycles. The fraction of sp³-hybridized carbons (Fsp3) is 0.481. The van der Waals surface area contributed by atoms with Crippen LogP contribution in [0.15, 0.2) is 48.5 Å². The standard InChI is InChI=1S/C27H37FN4O2/c1-19(2)16-22-8-10-23(11-9-22)20(3)29-26(33)18-31-12-14-32(15-13-31)21(4)27(34)30-25-7-5-6-24(28)17-25/h5-11,17,19-21H,12-16,18H2,1-4H3,(H,29,33)(H,30,34). The van der Waals surface area contributed by atoms with Gasteiger partial charge >= 0.3 is 0 Å². The number of amides is 2. The van der Waals surface area contributed by atoms with E-state index in [4.69, 9.17) is 0 Å². The molecule has 2 aromatic carbocycles. The number of carbonyl (C=O) groups is 2. The van der Waals surface area contributed by atoms with Gasteiger partial charge < -0.3 is 10.6 Å². The van der Waals surface area contributed by atoms with Crippen LogP contribution in [-0.2, 0) is 16.0 Å². The first-order chi connectivity index (χ1) is 16.2. The fourth-order valence-corrected chi connectivity index (χ4v) is 4.27. The highest BCUT2D eigenvalue weighted by Crippen LogP contribution is 2.16. The Morgan fingerprint density at radius 1 is 0.971 bits per heavy atom. The summed E-state index contributed by atoms with van der Waals surface area (Å²) in [5.41, 5.74) is 2.87. The van der Waals surface area contributed by atoms with E-state index in [2.05, 4.69) is 58.5 Å². The predicted octanol–water partition coefficient (Wildman–Crippen LogP) is 3.85. The average molecular weight is 469 g/mol. The summed E-state index contributed by atoms with van der Waals surface area (Å²) in [5.74, 6) is 0.0817. The number of anilines is 1. The molecule has 1 saturated heterocycles. The van der Waals surface area contributed by atoms with Crippen molar-refractivity contribution in [3.8, 4) is 0 Å². The first-order valence-electron chi connectivity index (χ1n) is 12.1. The summed E-state index contributed by atoms with van der Waals surface area (Å²) in [7, 11) is 0. The smallest absolute Gasteiger partial charge is 0.241 e. The zero-order valence-electron chi connectivity index (χ0n) is 20.7. The number of piperazine rings is 1. The second-order valence-electron chi connectivity index (χ2n) is 9.62. The van der Waals surface area contributed by atoms with Crippen LogP contribution in [0.4, 0.5) is 10.1 Å². The minimum absolute atomic E-state index is 0.00380. The van der Waals surface area contributed by atoms with Crippen molar-refractivity contribution in [3.63, 3.8) is 0 Å². The summed E-state index contributed by atoms with van der Waals surface area (Å²) >= 11 is 0. The molecular formula is C27H37FN4O2. The topological polar surface area (TPSA) is 64.7 Å². The third kappa shape index (κ3) is 7.64. The zero-order chi connectivity index (χ0) is 24.7. The van der Waals surface area contributed by atoms with E-state index in [9.17, 15) is 14.0 Å². The van der Waals surface area contributed by atoms with Gasteiger partial charge in [-0.2, -0.15) is 0 Å². The van der Waals surface area contributed by atoms with E-state index < -0.39 is 0 Å². The van der Waals surface area contributed by atoms with Crippen LogP contribution in [0, 0.1) is 11.7 Å². The molecule has 0 radical (unpaired) electrons. The monoisotopic (exact) mass is 468 g/mol. The number of nitrogens with zero attached hydrogens (tertiary/aromatic N) is 2. The van der Waals surface area contributed by atoms with Gasteiger partial charge in [-0.05, 0) is 55.5 Å². The van der Waals surface area contributed by atoms with Crippen molar-refractivity contribution in [2.75, 3.05) is 38.0 Å². The molecule has 0 spiro atoms. The Kier molecular flexibility index (Phi) is 9.19. The second-order valence-corrected chi connectivity index (χ2v) is 9.62. The molecule has 0 aromatic heterocycles. The molecule has 1 heterocycles. The molecule has 7 heteroatoms. The van der Waals surface area contributed by atoms with Crippen molar-refractivity contribution in [1.29, 1.82) is 0 Å². The van der Waals surface area contributed by atoms with Crippen molar-refractivity contribution >= 4 is 17.5 Å². The molecule has 2 amide bonds. The van der Waals surface area contributed by atoms with Gasteiger partial charge in [0.25, 0.3) is 0 Å². The molecule has 184 valence electrons. The molecule has 2 unspecified atom stereocenters. The lowest BCUT2D eigenvalue weighted by atomic mass is 10.00. The maximum Gasteiger partial charge on any atom is 0.241 e. The Bertz CT molecular complexity index is 955. The molecule has 0 aliphatic carbocycles. The summed E-state index contributed by atoms with van der Waals surface area (Å²) in [6, 6.07) is 14.0. The van der Waals surface area contributed by atoms with E-state index in [0.717, 1.165) is 12.0 Å². The highest BCUT2D eigenvalue weighted by molar-refractivity contribution is 5.94. The van der Waals surface area contributed by atoms with E-state index in [1.165, 1.54) is 17.7 Å². The lowest BCUT2D eigenvalue weighted by Crippen LogP contribution is -2.54. The maximum atomic E-state index is 13.4. The Balaban J connectivity index is 1.41. The van der Waals surface area contributed by atoms with E-state index in [0.29, 0.717) is 44.3 Å². The Labute approximate surface area is 202 Å². The van der Waals surface area contributed by atoms with Crippen LogP contribution in [-0.4, -0.2) is 60.4 Å². The van der Waals surface area contributed by atoms with Crippen molar-refractivity contribution in [2.45, 2.75) is 46.2 Å². The predicted molar refractivity (Wildman–Crippen MR) is 134 cm³/mol. The maximum absolute atomic E-state index is 13.4. The minimum Gasteiger partial charge on any atom is -0.348 e. The quantitative estimate of drug-likeness (QED) is 0.587. The van der Waals surface area contributed by atoms with Crippen molar-refractivity contribution in [1.82, 2.24) is 15.1 Å². The number of carbonyl (C=O) groups excluding carboxylic acids is 2. The third-order valence-corrected chi connectivity index (χ3v) is 6.29. The number of halogens is 1. The normalized spacial score (nSPS) is 16.8. The first kappa shape index (κ1) is 25.8. The van der Waals surface area contributed by atoms with Crippen LogP contribution >= 0.6 is 0 Å². The number of nitrogens with one attached hydrogen (secondary N) is 2. The molecule has 1 aliphatic heterocycles. The van der Waals surface area contributed by atoms with E-state index in [-0.39, 0.29) is 29.7 Å². The summed E-state index contributed by atoms with van der Waals surface area (Å²) in [4.78, 5) is 29.4. The fourth-order valence-electron chi connectivity index (χ4n) is 4.27. The van der Waals surface area contributed by atoms with Crippen molar-refractivity contribution in [3.05, 3.63) is 65.5 Å². The second kappa shape index (κ2) is 12.1. The molecule has 2 N–H and O–H groups in total. The van der Waals surface area contributed by atoms with Gasteiger partial charge in [-0.1, -0.05) is 44.2 Å². The highest BCUT2D eigenvalue weighted by atomic mass is 19.1. The molecule has 0 bridgehead atoms. The van der Waals surface area contributed by atoms with E-state index in [1.807, 2.05) is 13.8 Å². The van der Waals surface area contributed by atoms with Crippen LogP contribution in [0.5, 0.6) is 0 Å². The van der Waals surface area contributed by atoms with E-state index in [1.54, 1.807) is 12.1 Å². The lowest BCUT2D eigenvalue weighted by molar-refractivity contribution is -0.125. The molecule has 2 aromatic rings. The molecule has 6 nitrogen and oxygen atoms in total. The van der Waals surface area contributed by atoms with Crippen LogP contribution in [0.25, 0.3) is 0 Å². The molecule has 2 atom stereocenters. The molecule has 1 fully saturated rings. The van der Waals surface area contributed by atoms with Gasteiger partial charge in [0.1, 0.15) is 5.82 Å². The summed E-state index contributed by atoms with van der Waals surface area (Å²) in [6.07, 6.45) is 1.05. The van der Waals surface area contributed by atoms with Crippen LogP contribution in [0.2, 0.25) is 0 Å². The summed E-state index contributed by atoms with van der Waals surface area (Å²) in [5, 5.41) is 5.87. The summed E-state index contributed by atoms with van der Waals surface area (Å²) < 4.78 is 13.4. The third-order valence-electron chi connectivity index (χ3n) is 6.29. The van der Waals surface area contributed by atoms with E-state index >= 15 is 0 Å². The van der Waals surface area contributed by atoms with Gasteiger partial charge in [0.15, 0.2) is 0 Å². The average Bonchev–Trinajstić information content (AvgIpc) is 2.79.